The zero-order valence-corrected chi connectivity index (χ0v) is 20.5. The van der Waals surface area contributed by atoms with Gasteiger partial charge in [0.2, 0.25) is 11.6 Å². The minimum Gasteiger partial charge on any atom is -0.491 e. The van der Waals surface area contributed by atoms with Crippen LogP contribution in [0.2, 0.25) is 0 Å². The number of allylic oxidation sites excluding steroid dienone is 2. The Balaban J connectivity index is 1.31. The first kappa shape index (κ1) is 24.3. The van der Waals surface area contributed by atoms with Gasteiger partial charge >= 0.3 is 0 Å². The summed E-state index contributed by atoms with van der Waals surface area (Å²) in [4.78, 5) is 0. The SMILES string of the molecule is CCCC1CCC2CC(C3(C)C=CC(COc4ccc(OCC)c(F)c4F)=CC3)CCC2C1. The van der Waals surface area contributed by atoms with E-state index in [1.165, 1.54) is 63.5 Å². The van der Waals surface area contributed by atoms with Crippen molar-refractivity contribution < 1.29 is 18.3 Å². The molecule has 2 saturated carbocycles. The Morgan fingerprint density at radius 2 is 1.64 bits per heavy atom. The van der Waals surface area contributed by atoms with Crippen LogP contribution in [0.4, 0.5) is 8.78 Å². The van der Waals surface area contributed by atoms with Gasteiger partial charge < -0.3 is 9.47 Å². The lowest BCUT2D eigenvalue weighted by atomic mass is 9.58. The van der Waals surface area contributed by atoms with Gasteiger partial charge in [0.25, 0.3) is 0 Å². The summed E-state index contributed by atoms with van der Waals surface area (Å²) in [5.74, 6) is 1.43. The third kappa shape index (κ3) is 5.46. The summed E-state index contributed by atoms with van der Waals surface area (Å²) in [6, 6.07) is 2.86. The minimum absolute atomic E-state index is 0.0735. The molecule has 1 aromatic rings. The van der Waals surface area contributed by atoms with Crippen LogP contribution in [-0.2, 0) is 0 Å². The van der Waals surface area contributed by atoms with E-state index in [4.69, 9.17) is 9.47 Å². The summed E-state index contributed by atoms with van der Waals surface area (Å²) in [5, 5.41) is 0. The molecular weight excluding hydrogens is 418 g/mol. The smallest absolute Gasteiger partial charge is 0.204 e. The predicted molar refractivity (Wildman–Crippen MR) is 130 cm³/mol. The second-order valence-corrected chi connectivity index (χ2v) is 10.7. The number of ether oxygens (including phenoxy) is 2. The lowest BCUT2D eigenvalue weighted by Gasteiger charge is -2.47. The molecule has 0 N–H and O–H groups in total. The molecule has 2 fully saturated rings. The van der Waals surface area contributed by atoms with Crippen molar-refractivity contribution in [2.24, 2.45) is 29.1 Å². The number of hydrogen-bond donors (Lipinski definition) is 0. The summed E-state index contributed by atoms with van der Waals surface area (Å²) >= 11 is 0. The molecule has 3 aliphatic carbocycles. The maximum absolute atomic E-state index is 14.3. The molecule has 5 atom stereocenters. The molecule has 0 amide bonds. The van der Waals surface area contributed by atoms with E-state index >= 15 is 0 Å². The summed E-state index contributed by atoms with van der Waals surface area (Å²) in [6.07, 6.45) is 18.8. The van der Waals surface area contributed by atoms with Crippen LogP contribution in [0.3, 0.4) is 0 Å². The maximum Gasteiger partial charge on any atom is 0.204 e. The van der Waals surface area contributed by atoms with Crippen LogP contribution in [0.5, 0.6) is 11.5 Å². The molecule has 182 valence electrons. The molecule has 33 heavy (non-hydrogen) atoms. The lowest BCUT2D eigenvalue weighted by Crippen LogP contribution is -2.37. The van der Waals surface area contributed by atoms with E-state index in [0.29, 0.717) is 0 Å². The van der Waals surface area contributed by atoms with Gasteiger partial charge in [-0.25, -0.2) is 0 Å². The van der Waals surface area contributed by atoms with Crippen molar-refractivity contribution >= 4 is 0 Å². The fourth-order valence-electron chi connectivity index (χ4n) is 6.50. The van der Waals surface area contributed by atoms with Gasteiger partial charge in [0, 0.05) is 0 Å². The van der Waals surface area contributed by atoms with Gasteiger partial charge in [0.15, 0.2) is 11.5 Å². The van der Waals surface area contributed by atoms with E-state index in [2.05, 4.69) is 32.1 Å². The minimum atomic E-state index is -0.991. The number of rotatable bonds is 8. The fraction of sp³-hybridized carbons (Fsp3) is 0.655. The van der Waals surface area contributed by atoms with Crippen LogP contribution in [0.15, 0.2) is 35.9 Å². The molecule has 0 spiro atoms. The summed E-state index contributed by atoms with van der Waals surface area (Å²) in [7, 11) is 0. The zero-order chi connectivity index (χ0) is 23.4. The van der Waals surface area contributed by atoms with Crippen molar-refractivity contribution in [3.05, 3.63) is 47.6 Å². The third-order valence-corrected chi connectivity index (χ3v) is 8.54. The molecule has 4 heteroatoms. The topological polar surface area (TPSA) is 18.5 Å². The quantitative estimate of drug-likeness (QED) is 0.390. The van der Waals surface area contributed by atoms with Gasteiger partial charge in [-0.05, 0) is 92.2 Å². The molecule has 0 aromatic heterocycles. The largest absolute Gasteiger partial charge is 0.491 e. The third-order valence-electron chi connectivity index (χ3n) is 8.54. The van der Waals surface area contributed by atoms with Crippen molar-refractivity contribution in [2.75, 3.05) is 13.2 Å². The average Bonchev–Trinajstić information content (AvgIpc) is 2.82. The highest BCUT2D eigenvalue weighted by atomic mass is 19.2. The van der Waals surface area contributed by atoms with E-state index < -0.39 is 11.6 Å². The fourth-order valence-corrected chi connectivity index (χ4v) is 6.50. The van der Waals surface area contributed by atoms with E-state index in [1.54, 1.807) is 6.92 Å². The monoisotopic (exact) mass is 458 g/mol. The predicted octanol–water partition coefficient (Wildman–Crippen LogP) is 8.27. The Morgan fingerprint density at radius 3 is 2.30 bits per heavy atom. The number of fused-ring (bicyclic) bond motifs is 1. The van der Waals surface area contributed by atoms with E-state index in [0.717, 1.165) is 35.7 Å². The highest BCUT2D eigenvalue weighted by Crippen LogP contribution is 2.52. The average molecular weight is 459 g/mol. The first-order valence-electron chi connectivity index (χ1n) is 13.0. The normalized spacial score (nSPS) is 31.6. The Kier molecular flexibility index (Phi) is 7.81. The molecule has 0 heterocycles. The number of halogens is 2. The Bertz CT molecular complexity index is 877. The van der Waals surface area contributed by atoms with Crippen LogP contribution in [0.25, 0.3) is 0 Å². The van der Waals surface area contributed by atoms with Gasteiger partial charge in [-0.2, -0.15) is 8.78 Å². The molecule has 0 radical (unpaired) electrons. The molecule has 2 nitrogen and oxygen atoms in total. The van der Waals surface area contributed by atoms with Crippen molar-refractivity contribution in [3.63, 3.8) is 0 Å². The Hall–Kier alpha value is -1.84. The van der Waals surface area contributed by atoms with Crippen LogP contribution in [0, 0.1) is 40.7 Å². The lowest BCUT2D eigenvalue weighted by molar-refractivity contribution is 0.0560. The Labute approximate surface area is 198 Å². The highest BCUT2D eigenvalue weighted by Gasteiger charge is 2.41. The second kappa shape index (κ2) is 10.6. The van der Waals surface area contributed by atoms with Crippen LogP contribution in [-0.4, -0.2) is 13.2 Å². The molecule has 3 aliphatic rings. The molecule has 4 rings (SSSR count). The van der Waals surface area contributed by atoms with Gasteiger partial charge in [0.05, 0.1) is 6.61 Å². The standard InChI is InChI=1S/C29H40F2O2/c1-4-6-20-7-8-23-18-24(10-9-22(23)17-20)29(3)15-13-21(14-16-29)19-33-26-12-11-25(32-5-2)27(30)28(26)31/h11-15,20,22-24H,4-10,16-19H2,1-3H3. The number of benzene rings is 1. The molecule has 0 bridgehead atoms. The summed E-state index contributed by atoms with van der Waals surface area (Å²) in [6.45, 7) is 6.98. The number of hydrogen-bond acceptors (Lipinski definition) is 2. The van der Waals surface area contributed by atoms with Crippen molar-refractivity contribution in [1.29, 1.82) is 0 Å². The molecule has 5 unspecified atom stereocenters. The van der Waals surface area contributed by atoms with Crippen molar-refractivity contribution in [2.45, 2.75) is 78.6 Å². The highest BCUT2D eigenvalue weighted by molar-refractivity contribution is 5.36. The van der Waals surface area contributed by atoms with Crippen molar-refractivity contribution in [3.8, 4) is 11.5 Å². The van der Waals surface area contributed by atoms with Crippen LogP contribution in [0.1, 0.15) is 78.6 Å². The molecular formula is C29H40F2O2. The zero-order valence-electron chi connectivity index (χ0n) is 20.5. The maximum atomic E-state index is 14.3. The van der Waals surface area contributed by atoms with Gasteiger partial charge in [-0.1, -0.05) is 51.3 Å². The van der Waals surface area contributed by atoms with E-state index in [1.807, 2.05) is 0 Å². The van der Waals surface area contributed by atoms with Crippen LogP contribution >= 0.6 is 0 Å². The van der Waals surface area contributed by atoms with E-state index in [9.17, 15) is 8.78 Å². The van der Waals surface area contributed by atoms with Gasteiger partial charge in [-0.3, -0.25) is 0 Å². The van der Waals surface area contributed by atoms with Crippen molar-refractivity contribution in [1.82, 2.24) is 0 Å². The summed E-state index contributed by atoms with van der Waals surface area (Å²) < 4.78 is 39.1. The second-order valence-electron chi connectivity index (χ2n) is 10.7. The molecule has 1 aromatic carbocycles. The van der Waals surface area contributed by atoms with Gasteiger partial charge in [-0.15, -0.1) is 0 Å². The van der Waals surface area contributed by atoms with Gasteiger partial charge in [0.1, 0.15) is 6.61 Å². The van der Waals surface area contributed by atoms with Crippen LogP contribution < -0.4 is 9.47 Å². The first-order valence-corrected chi connectivity index (χ1v) is 13.0. The molecule has 0 aliphatic heterocycles. The van der Waals surface area contributed by atoms with E-state index in [-0.39, 0.29) is 30.1 Å². The Morgan fingerprint density at radius 1 is 0.939 bits per heavy atom. The molecule has 0 saturated heterocycles. The summed E-state index contributed by atoms with van der Waals surface area (Å²) in [5.41, 5.74) is 1.21. The first-order chi connectivity index (χ1) is 15.9.